The summed E-state index contributed by atoms with van der Waals surface area (Å²) in [5.41, 5.74) is 0. The van der Waals surface area contributed by atoms with Crippen LogP contribution in [0.5, 0.6) is 0 Å². The number of amides is 2. The topological polar surface area (TPSA) is 111 Å². The van der Waals surface area contributed by atoms with Crippen LogP contribution in [-0.4, -0.2) is 106 Å². The monoisotopic (exact) mass is 563 g/mol. The van der Waals surface area contributed by atoms with Gasteiger partial charge in [-0.3, -0.25) is 14.4 Å². The maximum Gasteiger partial charge on any atom is 1.00 e. The Balaban J connectivity index is -0.0000000499. The minimum atomic E-state index is -1.08. The van der Waals surface area contributed by atoms with Crippen molar-refractivity contribution in [1.29, 1.82) is 0 Å². The molecule has 0 radical (unpaired) electrons. The molecule has 0 saturated carbocycles. The number of carbonyl (C=O) groups is 3. The fraction of sp³-hybridized carbons (Fsp3) is 0.812. The number of rotatable bonds is 5. The van der Waals surface area contributed by atoms with E-state index in [4.69, 9.17) is 72.6 Å². The normalized spacial score (nSPS) is 8.32. The molecule has 0 bridgehead atoms. The Morgan fingerprint density at radius 1 is 0.806 bits per heavy atom. The van der Waals surface area contributed by atoms with Crippen molar-refractivity contribution in [3.63, 3.8) is 0 Å². The molecule has 186 valence electrons. The third-order valence-corrected chi connectivity index (χ3v) is 3.08. The Bertz CT molecular complexity index is 396. The molecule has 1 N–H and O–H groups in total. The van der Waals surface area contributed by atoms with E-state index in [2.05, 4.69) is 5.32 Å². The number of halogens is 5. The molecule has 0 saturated heterocycles. The van der Waals surface area contributed by atoms with Gasteiger partial charge in [0, 0.05) is 42.4 Å². The van der Waals surface area contributed by atoms with Gasteiger partial charge in [0.1, 0.15) is 0 Å². The van der Waals surface area contributed by atoms with Gasteiger partial charge in [-0.2, -0.15) is 7.11 Å². The molecule has 9 nitrogen and oxygen atoms in total. The first-order chi connectivity index (χ1) is 13.2. The predicted octanol–water partition coefficient (Wildman–Crippen LogP) is -1.42. The van der Waals surface area contributed by atoms with E-state index < -0.39 is 21.2 Å². The predicted molar refractivity (Wildman–Crippen MR) is 125 cm³/mol. The number of hydrogen-bond donors (Lipinski definition) is 1. The zero-order chi connectivity index (χ0) is 24.7. The number of ether oxygens (including phenoxy) is 2. The number of alkyl halides is 4. The first kappa shape index (κ1) is 49.1. The Morgan fingerprint density at radius 3 is 1.06 bits per heavy atom. The van der Waals surface area contributed by atoms with Gasteiger partial charge >= 0.3 is 29.6 Å². The molecule has 31 heavy (non-hydrogen) atoms. The second kappa shape index (κ2) is 35.5. The minimum Gasteiger partial charge on any atom is -0.857 e. The number of likely N-dealkylation sites (N-methyl/N-ethyl adjacent to an activating group) is 1. The van der Waals surface area contributed by atoms with E-state index in [9.17, 15) is 14.4 Å². The van der Waals surface area contributed by atoms with Crippen molar-refractivity contribution in [2.24, 2.45) is 0 Å². The standard InChI is InChI=1S/C6H13NO3.C4H7Cl2NO.C2HCl3O.C2H7N.CH3O.CH4.Na/c1-7(2)5(8)6(9-3)10-4;1-7(2)4(8)3(5)6;3-1(4)2(5)6;1-3-2;1-2;;/h6H,1-4H3;3H,1-2H3;1H;3H,1-2H3;1H3;1H4;/q;;;;-1;;+1. The Hall–Kier alpha value is 0.900. The SMILES string of the molecule is C.CN(C)C(=O)C(Cl)Cl.CNC.COC(OC)C(=O)N(C)C.C[O-].O=C(Cl)C(Cl)Cl.[Na+]. The van der Waals surface area contributed by atoms with Crippen LogP contribution >= 0.6 is 58.0 Å². The summed E-state index contributed by atoms with van der Waals surface area (Å²) < 4.78 is 9.42. The van der Waals surface area contributed by atoms with Crippen LogP contribution in [0.4, 0.5) is 0 Å². The second-order valence-electron chi connectivity index (χ2n) is 4.67. The molecule has 0 aliphatic heterocycles. The van der Waals surface area contributed by atoms with Crippen molar-refractivity contribution in [3.8, 4) is 0 Å². The Kier molecular flexibility index (Phi) is 56.2. The van der Waals surface area contributed by atoms with Gasteiger partial charge in [0.25, 0.3) is 17.1 Å². The van der Waals surface area contributed by atoms with E-state index in [1.807, 2.05) is 14.1 Å². The summed E-state index contributed by atoms with van der Waals surface area (Å²) in [5, 5.41) is 10.3. The molecule has 0 aromatic heterocycles. The van der Waals surface area contributed by atoms with Crippen LogP contribution in [0, 0.1) is 0 Å². The van der Waals surface area contributed by atoms with Crippen LogP contribution in [0.15, 0.2) is 0 Å². The van der Waals surface area contributed by atoms with Crippen molar-refractivity contribution in [3.05, 3.63) is 0 Å². The molecule has 0 fully saturated rings. The second-order valence-corrected chi connectivity index (χ2v) is 7.24. The van der Waals surface area contributed by atoms with Gasteiger partial charge in [-0.05, 0) is 25.7 Å². The van der Waals surface area contributed by atoms with Crippen LogP contribution in [0.2, 0.25) is 0 Å². The van der Waals surface area contributed by atoms with Crippen molar-refractivity contribution in [1.82, 2.24) is 15.1 Å². The molecular formula is C16H35Cl5N3NaO6. The molecular weight excluding hydrogens is 530 g/mol. The summed E-state index contributed by atoms with van der Waals surface area (Å²) in [4.78, 5) is 31.9. The summed E-state index contributed by atoms with van der Waals surface area (Å²) in [6.07, 6.45) is -0.769. The van der Waals surface area contributed by atoms with Gasteiger partial charge in [-0.25, -0.2) is 0 Å². The molecule has 0 rings (SSSR count). The van der Waals surface area contributed by atoms with Crippen molar-refractivity contribution >= 4 is 75.1 Å². The number of methoxy groups -OCH3 is 2. The van der Waals surface area contributed by atoms with Gasteiger partial charge in [0.05, 0.1) is 0 Å². The molecule has 0 unspecified atom stereocenters. The smallest absolute Gasteiger partial charge is 0.857 e. The summed E-state index contributed by atoms with van der Waals surface area (Å²) in [7, 11) is 13.8. The van der Waals surface area contributed by atoms with E-state index in [1.165, 1.54) is 24.0 Å². The third kappa shape index (κ3) is 41.6. The summed E-state index contributed by atoms with van der Waals surface area (Å²) in [6, 6.07) is 0. The summed E-state index contributed by atoms with van der Waals surface area (Å²) in [5.74, 6) is -0.474. The van der Waals surface area contributed by atoms with Crippen LogP contribution in [0.25, 0.3) is 0 Å². The zero-order valence-corrected chi connectivity index (χ0v) is 24.7. The van der Waals surface area contributed by atoms with Crippen molar-refractivity contribution in [2.45, 2.75) is 23.4 Å². The third-order valence-electron chi connectivity index (χ3n) is 1.87. The molecule has 0 heterocycles. The van der Waals surface area contributed by atoms with Gasteiger partial charge in [0.2, 0.25) is 6.29 Å². The average molecular weight is 566 g/mol. The minimum absolute atomic E-state index is 0. The molecule has 0 aliphatic carbocycles. The Morgan fingerprint density at radius 2 is 1.03 bits per heavy atom. The molecule has 0 aromatic rings. The average Bonchev–Trinajstić information content (AvgIpc) is 2.64. The molecule has 0 aromatic carbocycles. The van der Waals surface area contributed by atoms with Gasteiger partial charge in [-0.1, -0.05) is 53.8 Å². The molecule has 0 aliphatic rings. The maximum atomic E-state index is 11.0. The van der Waals surface area contributed by atoms with E-state index >= 15 is 0 Å². The molecule has 0 atom stereocenters. The van der Waals surface area contributed by atoms with Crippen LogP contribution < -0.4 is 40.0 Å². The van der Waals surface area contributed by atoms with Gasteiger partial charge in [0.15, 0.2) is 9.67 Å². The fourth-order valence-corrected chi connectivity index (χ4v) is 1.09. The fourth-order valence-electron chi connectivity index (χ4n) is 0.704. The molecule has 0 spiro atoms. The van der Waals surface area contributed by atoms with Crippen LogP contribution in [-0.2, 0) is 23.9 Å². The molecule has 15 heteroatoms. The van der Waals surface area contributed by atoms with E-state index in [1.54, 1.807) is 28.2 Å². The van der Waals surface area contributed by atoms with E-state index in [-0.39, 0.29) is 48.8 Å². The van der Waals surface area contributed by atoms with E-state index in [0.717, 1.165) is 7.11 Å². The number of hydrogen-bond acceptors (Lipinski definition) is 7. The summed E-state index contributed by atoms with van der Waals surface area (Å²) >= 11 is 24.9. The van der Waals surface area contributed by atoms with Gasteiger partial charge < -0.3 is 29.7 Å². The Labute approximate surface area is 234 Å². The quantitative estimate of drug-likeness (QED) is 0.189. The first-order valence-electron chi connectivity index (χ1n) is 7.47. The largest absolute Gasteiger partial charge is 1.00 e. The zero-order valence-electron chi connectivity index (χ0n) is 19.0. The van der Waals surface area contributed by atoms with Crippen LogP contribution in [0.3, 0.4) is 0 Å². The first-order valence-corrected chi connectivity index (χ1v) is 9.60. The van der Waals surface area contributed by atoms with Crippen LogP contribution in [0.1, 0.15) is 7.43 Å². The van der Waals surface area contributed by atoms with Crippen molar-refractivity contribution in [2.75, 3.05) is 63.6 Å². The van der Waals surface area contributed by atoms with Crippen molar-refractivity contribution < 1.29 is 58.5 Å². The number of nitrogens with one attached hydrogen (secondary N) is 1. The number of nitrogens with zero attached hydrogens (tertiary/aromatic N) is 2. The maximum absolute atomic E-state index is 11.0. The molecule has 2 amide bonds. The summed E-state index contributed by atoms with van der Waals surface area (Å²) in [6.45, 7) is 0. The van der Waals surface area contributed by atoms with E-state index in [0.29, 0.717) is 0 Å². The van der Waals surface area contributed by atoms with Gasteiger partial charge in [-0.15, -0.1) is 0 Å². The number of carbonyl (C=O) groups excluding carboxylic acids is 3.